The summed E-state index contributed by atoms with van der Waals surface area (Å²) in [6, 6.07) is 9.57. The van der Waals surface area contributed by atoms with Gasteiger partial charge >= 0.3 is 11.9 Å². The van der Waals surface area contributed by atoms with Gasteiger partial charge in [0.1, 0.15) is 11.4 Å². The summed E-state index contributed by atoms with van der Waals surface area (Å²) < 4.78 is 13.5. The summed E-state index contributed by atoms with van der Waals surface area (Å²) in [7, 11) is 0. The monoisotopic (exact) mass is 260 g/mol. The van der Waals surface area contributed by atoms with Gasteiger partial charge in [-0.2, -0.15) is 0 Å². The van der Waals surface area contributed by atoms with Crippen molar-refractivity contribution in [3.8, 4) is 11.1 Å². The second kappa shape index (κ2) is 4.89. The number of benzene rings is 2. The van der Waals surface area contributed by atoms with Gasteiger partial charge in [0, 0.05) is 0 Å². The quantitative estimate of drug-likeness (QED) is 0.889. The smallest absolute Gasteiger partial charge is 0.339 e. The lowest BCUT2D eigenvalue weighted by molar-refractivity contribution is 0.0684. The van der Waals surface area contributed by atoms with E-state index in [-0.39, 0.29) is 11.1 Å². The molecule has 0 aliphatic heterocycles. The van der Waals surface area contributed by atoms with Crippen LogP contribution in [0.3, 0.4) is 0 Å². The fraction of sp³-hybridized carbons (Fsp3) is 0. The zero-order valence-corrected chi connectivity index (χ0v) is 9.63. The molecule has 19 heavy (non-hydrogen) atoms. The molecule has 0 amide bonds. The summed E-state index contributed by atoms with van der Waals surface area (Å²) in [5, 5.41) is 17.9. The summed E-state index contributed by atoms with van der Waals surface area (Å²) in [5.74, 6) is -3.38. The summed E-state index contributed by atoms with van der Waals surface area (Å²) in [5.41, 5.74) is 0.0375. The summed E-state index contributed by atoms with van der Waals surface area (Å²) in [6.07, 6.45) is 0. The number of carboxylic acid groups (broad SMARTS) is 2. The molecule has 0 bridgehead atoms. The Hall–Kier alpha value is -2.69. The topological polar surface area (TPSA) is 74.6 Å². The van der Waals surface area contributed by atoms with Gasteiger partial charge in [0.15, 0.2) is 0 Å². The molecule has 4 nitrogen and oxygen atoms in total. The first kappa shape index (κ1) is 12.8. The maximum Gasteiger partial charge on any atom is 0.339 e. The lowest BCUT2D eigenvalue weighted by atomic mass is 9.98. The third kappa shape index (κ3) is 2.44. The largest absolute Gasteiger partial charge is 0.478 e. The molecule has 96 valence electrons. The lowest BCUT2D eigenvalue weighted by Gasteiger charge is -2.08. The van der Waals surface area contributed by atoms with Gasteiger partial charge in [-0.05, 0) is 29.3 Å². The highest BCUT2D eigenvalue weighted by atomic mass is 19.1. The van der Waals surface area contributed by atoms with Gasteiger partial charge in [-0.3, -0.25) is 0 Å². The molecule has 0 atom stereocenters. The van der Waals surface area contributed by atoms with Crippen molar-refractivity contribution in [1.82, 2.24) is 0 Å². The van der Waals surface area contributed by atoms with E-state index in [2.05, 4.69) is 0 Å². The van der Waals surface area contributed by atoms with E-state index in [1.807, 2.05) is 0 Å². The Kier molecular flexibility index (Phi) is 3.29. The van der Waals surface area contributed by atoms with Crippen molar-refractivity contribution in [3.63, 3.8) is 0 Å². The highest BCUT2D eigenvalue weighted by Crippen LogP contribution is 2.26. The van der Waals surface area contributed by atoms with Crippen LogP contribution in [0.4, 0.5) is 4.39 Å². The number of rotatable bonds is 3. The van der Waals surface area contributed by atoms with Crippen molar-refractivity contribution >= 4 is 11.9 Å². The number of carboxylic acids is 2. The first-order valence-corrected chi connectivity index (χ1v) is 5.36. The summed E-state index contributed by atoms with van der Waals surface area (Å²) in [4.78, 5) is 22.0. The van der Waals surface area contributed by atoms with E-state index in [9.17, 15) is 14.0 Å². The van der Waals surface area contributed by atoms with Crippen LogP contribution in [-0.2, 0) is 0 Å². The molecule has 0 saturated heterocycles. The molecule has 0 aliphatic rings. The van der Waals surface area contributed by atoms with Crippen LogP contribution >= 0.6 is 0 Å². The fourth-order valence-corrected chi connectivity index (χ4v) is 1.80. The molecule has 2 N–H and O–H groups in total. The minimum absolute atomic E-state index is 0.0121. The molecule has 0 radical (unpaired) electrons. The lowest BCUT2D eigenvalue weighted by Crippen LogP contribution is -2.04. The van der Waals surface area contributed by atoms with Crippen molar-refractivity contribution in [3.05, 3.63) is 59.4 Å². The molecule has 0 fully saturated rings. The van der Waals surface area contributed by atoms with Crippen LogP contribution in [0.15, 0.2) is 42.5 Å². The number of hydrogen-bond donors (Lipinski definition) is 2. The van der Waals surface area contributed by atoms with E-state index in [0.29, 0.717) is 5.56 Å². The Labute approximate surface area is 107 Å². The van der Waals surface area contributed by atoms with Gasteiger partial charge < -0.3 is 10.2 Å². The number of hydrogen-bond acceptors (Lipinski definition) is 2. The second-order valence-electron chi connectivity index (χ2n) is 3.85. The Morgan fingerprint density at radius 3 is 2.26 bits per heavy atom. The Balaban J connectivity index is 2.65. The van der Waals surface area contributed by atoms with Crippen LogP contribution in [-0.4, -0.2) is 22.2 Å². The van der Waals surface area contributed by atoms with Crippen LogP contribution in [0.25, 0.3) is 11.1 Å². The van der Waals surface area contributed by atoms with Crippen molar-refractivity contribution in [2.45, 2.75) is 0 Å². The zero-order valence-electron chi connectivity index (χ0n) is 9.63. The number of carbonyl (C=O) groups is 2. The van der Waals surface area contributed by atoms with Crippen LogP contribution < -0.4 is 0 Å². The first-order valence-electron chi connectivity index (χ1n) is 5.36. The molecule has 0 spiro atoms. The fourth-order valence-electron chi connectivity index (χ4n) is 1.80. The SMILES string of the molecule is O=C(O)c1cccc(-c2cccc(F)c2C(=O)O)c1. The maximum atomic E-state index is 13.5. The van der Waals surface area contributed by atoms with Gasteiger partial charge in [-0.15, -0.1) is 0 Å². The summed E-state index contributed by atoms with van der Waals surface area (Å²) in [6.45, 7) is 0. The number of aromatic carboxylic acids is 2. The average Bonchev–Trinajstić information content (AvgIpc) is 2.38. The Morgan fingerprint density at radius 2 is 1.63 bits per heavy atom. The second-order valence-corrected chi connectivity index (χ2v) is 3.85. The van der Waals surface area contributed by atoms with E-state index >= 15 is 0 Å². The zero-order chi connectivity index (χ0) is 14.0. The van der Waals surface area contributed by atoms with Gasteiger partial charge in [-0.1, -0.05) is 24.3 Å². The Morgan fingerprint density at radius 1 is 0.947 bits per heavy atom. The molecule has 5 heteroatoms. The predicted molar refractivity (Wildman–Crippen MR) is 65.8 cm³/mol. The van der Waals surface area contributed by atoms with E-state index in [4.69, 9.17) is 10.2 Å². The van der Waals surface area contributed by atoms with Gasteiger partial charge in [0.25, 0.3) is 0 Å². The third-order valence-corrected chi connectivity index (χ3v) is 2.65. The highest BCUT2D eigenvalue weighted by molar-refractivity contribution is 5.97. The van der Waals surface area contributed by atoms with Gasteiger partial charge in [0.2, 0.25) is 0 Å². The minimum atomic E-state index is -1.39. The van der Waals surface area contributed by atoms with E-state index in [1.165, 1.54) is 36.4 Å². The Bertz CT molecular complexity index is 664. The highest BCUT2D eigenvalue weighted by Gasteiger charge is 2.17. The molecular weight excluding hydrogens is 251 g/mol. The molecule has 0 saturated carbocycles. The van der Waals surface area contributed by atoms with Crippen molar-refractivity contribution in [2.75, 3.05) is 0 Å². The minimum Gasteiger partial charge on any atom is -0.478 e. The molecule has 2 aromatic rings. The predicted octanol–water partition coefficient (Wildman–Crippen LogP) is 2.89. The van der Waals surface area contributed by atoms with Gasteiger partial charge in [-0.25, -0.2) is 14.0 Å². The molecule has 0 unspecified atom stereocenters. The van der Waals surface area contributed by atoms with E-state index < -0.39 is 23.3 Å². The molecular formula is C14H9FO4. The number of halogens is 1. The standard InChI is InChI=1S/C14H9FO4/c15-11-6-2-5-10(12(11)14(18)19)8-3-1-4-9(7-8)13(16)17/h1-7H,(H,16,17)(H,18,19). The van der Waals surface area contributed by atoms with Crippen molar-refractivity contribution in [1.29, 1.82) is 0 Å². The molecule has 0 heterocycles. The first-order chi connectivity index (χ1) is 9.00. The van der Waals surface area contributed by atoms with E-state index in [1.54, 1.807) is 0 Å². The third-order valence-electron chi connectivity index (χ3n) is 2.65. The normalized spacial score (nSPS) is 10.2. The van der Waals surface area contributed by atoms with Crippen molar-refractivity contribution < 1.29 is 24.2 Å². The van der Waals surface area contributed by atoms with Crippen LogP contribution in [0, 0.1) is 5.82 Å². The molecule has 2 rings (SSSR count). The maximum absolute atomic E-state index is 13.5. The molecule has 0 aliphatic carbocycles. The van der Waals surface area contributed by atoms with Crippen LogP contribution in [0.5, 0.6) is 0 Å². The average molecular weight is 260 g/mol. The van der Waals surface area contributed by atoms with Crippen LogP contribution in [0.1, 0.15) is 20.7 Å². The van der Waals surface area contributed by atoms with E-state index in [0.717, 1.165) is 6.07 Å². The molecule has 0 aromatic heterocycles. The van der Waals surface area contributed by atoms with Crippen LogP contribution in [0.2, 0.25) is 0 Å². The summed E-state index contributed by atoms with van der Waals surface area (Å²) >= 11 is 0. The van der Waals surface area contributed by atoms with Gasteiger partial charge in [0.05, 0.1) is 5.56 Å². The van der Waals surface area contributed by atoms with Crippen molar-refractivity contribution in [2.24, 2.45) is 0 Å². The molecule has 2 aromatic carbocycles.